The Hall–Kier alpha value is 0.0500. The molecule has 0 atom stereocenters. The van der Waals surface area contributed by atoms with E-state index in [2.05, 4.69) is 60.1 Å². The molecule has 2 heteroatoms. The highest BCUT2D eigenvalue weighted by molar-refractivity contribution is 9.10. The molecule has 0 aromatic heterocycles. The van der Waals surface area contributed by atoms with Crippen molar-refractivity contribution in [1.29, 1.82) is 0 Å². The largest absolute Gasteiger partial charge is 0.126 e. The zero-order valence-corrected chi connectivity index (χ0v) is 12.6. The fourth-order valence-corrected chi connectivity index (χ4v) is 2.75. The van der Waals surface area contributed by atoms with Gasteiger partial charge in [0.05, 0.1) is 0 Å². The summed E-state index contributed by atoms with van der Waals surface area (Å²) in [6.45, 7) is 4.48. The smallest absolute Gasteiger partial charge is 0.0201 e. The van der Waals surface area contributed by atoms with E-state index in [1.54, 1.807) is 0 Å². The Kier molecular flexibility index (Phi) is 6.52. The van der Waals surface area contributed by atoms with Crippen LogP contribution in [0.15, 0.2) is 35.2 Å². The molecule has 0 aliphatic rings. The normalized spacial score (nSPS) is 11.7. The first-order valence-corrected chi connectivity index (χ1v) is 7.72. The summed E-state index contributed by atoms with van der Waals surface area (Å²) in [6.07, 6.45) is 5.26. The number of thioether (sulfide) groups is 1. The second-order valence-corrected chi connectivity index (χ2v) is 8.01. The number of hydrogen-bond acceptors (Lipinski definition) is 1. The Morgan fingerprint density at radius 2 is 1.75 bits per heavy atom. The van der Waals surface area contributed by atoms with Gasteiger partial charge in [-0.2, -0.15) is 0 Å². The summed E-state index contributed by atoms with van der Waals surface area (Å²) in [6, 6.07) is 10.7. The van der Waals surface area contributed by atoms with Crippen LogP contribution in [0.25, 0.3) is 0 Å². The van der Waals surface area contributed by atoms with E-state index in [4.69, 9.17) is 0 Å². The molecule has 1 aromatic rings. The van der Waals surface area contributed by atoms with Crippen LogP contribution in [0.2, 0.25) is 0 Å². The highest BCUT2D eigenvalue weighted by Crippen LogP contribution is 2.24. The zero-order chi connectivity index (χ0) is 11.9. The van der Waals surface area contributed by atoms with Crippen LogP contribution in [0, 0.1) is 0 Å². The van der Waals surface area contributed by atoms with Crippen molar-refractivity contribution in [3.63, 3.8) is 0 Å². The van der Waals surface area contributed by atoms with Gasteiger partial charge in [-0.3, -0.25) is 0 Å². The second kappa shape index (κ2) is 7.39. The Morgan fingerprint density at radius 3 is 2.38 bits per heavy atom. The minimum Gasteiger partial charge on any atom is -0.126 e. The van der Waals surface area contributed by atoms with Gasteiger partial charge in [0.15, 0.2) is 0 Å². The molecule has 0 aliphatic carbocycles. The third kappa shape index (κ3) is 7.34. The number of unbranched alkanes of at least 4 members (excludes halogenated alkanes) is 2. The van der Waals surface area contributed by atoms with E-state index in [0.717, 1.165) is 0 Å². The highest BCUT2D eigenvalue weighted by Gasteiger charge is 2.10. The molecule has 1 rings (SSSR count). The van der Waals surface area contributed by atoms with Crippen LogP contribution in [-0.2, 0) is 0 Å². The molecule has 0 nitrogen and oxygen atoms in total. The van der Waals surface area contributed by atoms with E-state index < -0.39 is 0 Å². The minimum absolute atomic E-state index is 0.319. The number of rotatable bonds is 7. The van der Waals surface area contributed by atoms with Gasteiger partial charge < -0.3 is 0 Å². The summed E-state index contributed by atoms with van der Waals surface area (Å²) in [5, 5.41) is 0. The number of hydrogen-bond donors (Lipinski definition) is 0. The van der Waals surface area contributed by atoms with Crippen molar-refractivity contribution >= 4 is 27.7 Å². The lowest BCUT2D eigenvalue weighted by molar-refractivity contribution is 0.583. The monoisotopic (exact) mass is 300 g/mol. The third-order valence-corrected chi connectivity index (χ3v) is 3.92. The maximum atomic E-state index is 3.68. The topological polar surface area (TPSA) is 0 Å². The summed E-state index contributed by atoms with van der Waals surface area (Å²) in [5.74, 6) is 1.24. The van der Waals surface area contributed by atoms with Crippen LogP contribution in [0.3, 0.4) is 0 Å². The Labute approximate surface area is 112 Å². The molecule has 0 N–H and O–H groups in total. The van der Waals surface area contributed by atoms with Gasteiger partial charge in [0.1, 0.15) is 0 Å². The molecule has 0 aliphatic heterocycles. The molecular weight excluding hydrogens is 280 g/mol. The van der Waals surface area contributed by atoms with Crippen LogP contribution in [-0.4, -0.2) is 10.1 Å². The molecular formula is C14H21BrS. The van der Waals surface area contributed by atoms with Crippen LogP contribution in [0.4, 0.5) is 0 Å². The minimum atomic E-state index is 0.319. The molecule has 16 heavy (non-hydrogen) atoms. The van der Waals surface area contributed by atoms with Gasteiger partial charge in [0, 0.05) is 9.22 Å². The van der Waals surface area contributed by atoms with Gasteiger partial charge in [-0.15, -0.1) is 11.8 Å². The lowest BCUT2D eigenvalue weighted by Crippen LogP contribution is -2.08. The van der Waals surface area contributed by atoms with Gasteiger partial charge in [-0.1, -0.05) is 60.8 Å². The number of benzene rings is 1. The average molecular weight is 301 g/mol. The quantitative estimate of drug-likeness (QED) is 0.363. The molecule has 0 amide bonds. The van der Waals surface area contributed by atoms with Crippen LogP contribution < -0.4 is 0 Å². The predicted octanol–water partition coefficient (Wildman–Crippen LogP) is 5.51. The maximum Gasteiger partial charge on any atom is 0.0201 e. The molecule has 0 saturated heterocycles. The summed E-state index contributed by atoms with van der Waals surface area (Å²) in [5.41, 5.74) is 0. The van der Waals surface area contributed by atoms with E-state index >= 15 is 0 Å². The second-order valence-electron chi connectivity index (χ2n) is 4.69. The standard InChI is InChI=1S/C14H21BrS/c1-14(2,15)11-7-4-8-12-16-13-9-5-3-6-10-13/h3,5-6,9-10H,4,7-8,11-12H2,1-2H3. The molecule has 0 unspecified atom stereocenters. The fraction of sp³-hybridized carbons (Fsp3) is 0.571. The molecule has 0 spiro atoms. The van der Waals surface area contributed by atoms with Crippen molar-refractivity contribution in [1.82, 2.24) is 0 Å². The lowest BCUT2D eigenvalue weighted by Gasteiger charge is -2.15. The molecule has 0 bridgehead atoms. The summed E-state index contributed by atoms with van der Waals surface area (Å²) in [7, 11) is 0. The van der Waals surface area contributed by atoms with E-state index in [-0.39, 0.29) is 0 Å². The van der Waals surface area contributed by atoms with Gasteiger partial charge in [0.2, 0.25) is 0 Å². The first-order chi connectivity index (χ1) is 7.58. The van der Waals surface area contributed by atoms with E-state index in [9.17, 15) is 0 Å². The van der Waals surface area contributed by atoms with Crippen LogP contribution in [0.5, 0.6) is 0 Å². The van der Waals surface area contributed by atoms with E-state index in [0.29, 0.717) is 4.32 Å². The van der Waals surface area contributed by atoms with Crippen molar-refractivity contribution in [3.8, 4) is 0 Å². The van der Waals surface area contributed by atoms with Gasteiger partial charge in [-0.05, 0) is 30.7 Å². The maximum absolute atomic E-state index is 3.68. The molecule has 0 heterocycles. The number of alkyl halides is 1. The Morgan fingerprint density at radius 1 is 1.06 bits per heavy atom. The van der Waals surface area contributed by atoms with Crippen molar-refractivity contribution in [3.05, 3.63) is 30.3 Å². The summed E-state index contributed by atoms with van der Waals surface area (Å²) >= 11 is 5.65. The van der Waals surface area contributed by atoms with Crippen molar-refractivity contribution in [2.75, 3.05) is 5.75 Å². The van der Waals surface area contributed by atoms with Gasteiger partial charge in [0.25, 0.3) is 0 Å². The van der Waals surface area contributed by atoms with E-state index in [1.807, 2.05) is 11.8 Å². The molecule has 90 valence electrons. The highest BCUT2D eigenvalue weighted by atomic mass is 79.9. The van der Waals surface area contributed by atoms with Crippen LogP contribution in [0.1, 0.15) is 39.5 Å². The van der Waals surface area contributed by atoms with E-state index in [1.165, 1.54) is 36.3 Å². The molecule has 0 fully saturated rings. The summed E-state index contributed by atoms with van der Waals surface area (Å²) < 4.78 is 0.319. The molecule has 0 saturated carbocycles. The fourth-order valence-electron chi connectivity index (χ4n) is 1.53. The van der Waals surface area contributed by atoms with Crippen molar-refractivity contribution < 1.29 is 0 Å². The number of halogens is 1. The lowest BCUT2D eigenvalue weighted by atomic mass is 10.1. The van der Waals surface area contributed by atoms with Crippen molar-refractivity contribution in [2.24, 2.45) is 0 Å². The zero-order valence-electron chi connectivity index (χ0n) is 10.2. The van der Waals surface area contributed by atoms with Gasteiger partial charge >= 0.3 is 0 Å². The van der Waals surface area contributed by atoms with Crippen LogP contribution >= 0.6 is 27.7 Å². The first-order valence-electron chi connectivity index (χ1n) is 5.95. The SMILES string of the molecule is CC(C)(Br)CCCCCSc1ccccc1. The third-order valence-electron chi connectivity index (χ3n) is 2.43. The first kappa shape index (κ1) is 14.1. The average Bonchev–Trinajstić information content (AvgIpc) is 2.23. The van der Waals surface area contributed by atoms with Crippen molar-refractivity contribution in [2.45, 2.75) is 48.8 Å². The Bertz CT molecular complexity index is 277. The molecule has 0 radical (unpaired) electrons. The van der Waals surface area contributed by atoms with Gasteiger partial charge in [-0.25, -0.2) is 0 Å². The molecule has 1 aromatic carbocycles. The Balaban J connectivity index is 2.01. The summed E-state index contributed by atoms with van der Waals surface area (Å²) in [4.78, 5) is 1.39. The predicted molar refractivity (Wildman–Crippen MR) is 78.6 cm³/mol.